The molecule has 1 aliphatic heterocycles. The van der Waals surface area contributed by atoms with Gasteiger partial charge in [0.1, 0.15) is 0 Å². The lowest BCUT2D eigenvalue weighted by molar-refractivity contribution is 0.950. The summed E-state index contributed by atoms with van der Waals surface area (Å²) in [4.78, 5) is 4.48. The minimum Gasteiger partial charge on any atom is -0.398 e. The summed E-state index contributed by atoms with van der Waals surface area (Å²) in [7, 11) is 0. The summed E-state index contributed by atoms with van der Waals surface area (Å²) >= 11 is 0. The molecule has 0 bridgehead atoms. The molecule has 1 aromatic rings. The molecule has 0 fully saturated rings. The molecule has 2 rings (SSSR count). The van der Waals surface area contributed by atoms with Crippen molar-refractivity contribution in [3.63, 3.8) is 0 Å². The first kappa shape index (κ1) is 11.5. The third kappa shape index (κ3) is 2.57. The van der Waals surface area contributed by atoms with Crippen molar-refractivity contribution in [2.75, 3.05) is 6.54 Å². The van der Waals surface area contributed by atoms with Gasteiger partial charge in [0, 0.05) is 29.9 Å². The number of benzene rings is 1. The van der Waals surface area contributed by atoms with Crippen LogP contribution in [0.4, 0.5) is 0 Å². The fraction of sp³-hybridized carbons (Fsp3) is 0.267. The summed E-state index contributed by atoms with van der Waals surface area (Å²) in [5.74, 6) is 2.68. The SMILES string of the molecule is C#CC/C(C1=NCCC1)=C(/N)c1ccccc1. The van der Waals surface area contributed by atoms with E-state index in [1.165, 1.54) is 0 Å². The molecule has 1 heterocycles. The number of aliphatic imine (C=N–C) groups is 1. The number of nitrogens with two attached hydrogens (primary N) is 1. The molecule has 0 radical (unpaired) electrons. The van der Waals surface area contributed by atoms with E-state index in [9.17, 15) is 0 Å². The van der Waals surface area contributed by atoms with Crippen LogP contribution in [0.15, 0.2) is 40.9 Å². The van der Waals surface area contributed by atoms with Gasteiger partial charge in [-0.3, -0.25) is 4.99 Å². The van der Waals surface area contributed by atoms with Crippen LogP contribution >= 0.6 is 0 Å². The topological polar surface area (TPSA) is 38.4 Å². The predicted molar refractivity (Wildman–Crippen MR) is 72.5 cm³/mol. The second-order valence-corrected chi connectivity index (χ2v) is 4.07. The smallest absolute Gasteiger partial charge is 0.0448 e. The van der Waals surface area contributed by atoms with Crippen LogP contribution in [0, 0.1) is 12.3 Å². The minimum absolute atomic E-state index is 0.555. The molecule has 0 amide bonds. The molecule has 0 aromatic heterocycles. The first-order chi connectivity index (χ1) is 8.33. The maximum atomic E-state index is 6.21. The highest BCUT2D eigenvalue weighted by molar-refractivity contribution is 6.07. The third-order valence-corrected chi connectivity index (χ3v) is 2.91. The normalized spacial score (nSPS) is 16.1. The molecule has 0 aliphatic carbocycles. The molecule has 0 unspecified atom stereocenters. The van der Waals surface area contributed by atoms with Gasteiger partial charge >= 0.3 is 0 Å². The lowest BCUT2D eigenvalue weighted by atomic mass is 9.99. The Hall–Kier alpha value is -2.01. The van der Waals surface area contributed by atoms with Gasteiger partial charge in [0.05, 0.1) is 0 Å². The van der Waals surface area contributed by atoms with Gasteiger partial charge < -0.3 is 5.73 Å². The molecule has 1 aromatic carbocycles. The monoisotopic (exact) mass is 224 g/mol. The van der Waals surface area contributed by atoms with Gasteiger partial charge in [0.2, 0.25) is 0 Å². The van der Waals surface area contributed by atoms with Crippen molar-refractivity contribution in [1.29, 1.82) is 0 Å². The van der Waals surface area contributed by atoms with Gasteiger partial charge in [-0.2, -0.15) is 0 Å². The zero-order valence-corrected chi connectivity index (χ0v) is 9.82. The molecule has 0 spiro atoms. The van der Waals surface area contributed by atoms with Crippen molar-refractivity contribution >= 4 is 11.4 Å². The van der Waals surface area contributed by atoms with Gasteiger partial charge in [-0.15, -0.1) is 12.3 Å². The molecule has 2 N–H and O–H groups in total. The molecule has 0 atom stereocenters. The summed E-state index contributed by atoms with van der Waals surface area (Å²) < 4.78 is 0. The molecule has 0 saturated carbocycles. The fourth-order valence-corrected chi connectivity index (χ4v) is 2.03. The number of terminal acetylenes is 1. The zero-order valence-electron chi connectivity index (χ0n) is 9.82. The average Bonchev–Trinajstić information content (AvgIpc) is 2.90. The van der Waals surface area contributed by atoms with E-state index < -0.39 is 0 Å². The standard InChI is InChI=1S/C15H16N2/c1-2-7-13(14-10-6-11-17-14)15(16)12-8-4-3-5-9-12/h1,3-5,8-9H,6-7,10-11,16H2/b15-13-. The largest absolute Gasteiger partial charge is 0.398 e. The quantitative estimate of drug-likeness (QED) is 0.787. The van der Waals surface area contributed by atoms with Gasteiger partial charge in [-0.05, 0) is 18.4 Å². The van der Waals surface area contributed by atoms with E-state index in [0.29, 0.717) is 6.42 Å². The van der Waals surface area contributed by atoms with Crippen molar-refractivity contribution in [2.24, 2.45) is 10.7 Å². The van der Waals surface area contributed by atoms with E-state index in [1.807, 2.05) is 30.3 Å². The molecule has 86 valence electrons. The Balaban J connectivity index is 2.40. The first-order valence-corrected chi connectivity index (χ1v) is 5.84. The maximum Gasteiger partial charge on any atom is 0.0448 e. The van der Waals surface area contributed by atoms with Gasteiger partial charge in [-0.1, -0.05) is 30.3 Å². The van der Waals surface area contributed by atoms with Crippen LogP contribution in [0.3, 0.4) is 0 Å². The second-order valence-electron chi connectivity index (χ2n) is 4.07. The van der Waals surface area contributed by atoms with Crippen molar-refractivity contribution in [2.45, 2.75) is 19.3 Å². The van der Waals surface area contributed by atoms with E-state index in [0.717, 1.165) is 41.9 Å². The van der Waals surface area contributed by atoms with E-state index in [4.69, 9.17) is 12.2 Å². The van der Waals surface area contributed by atoms with E-state index in [2.05, 4.69) is 10.9 Å². The van der Waals surface area contributed by atoms with Gasteiger partial charge in [0.25, 0.3) is 0 Å². The summed E-state index contributed by atoms with van der Waals surface area (Å²) in [6.07, 6.45) is 8.07. The third-order valence-electron chi connectivity index (χ3n) is 2.91. The summed E-state index contributed by atoms with van der Waals surface area (Å²) in [5.41, 5.74) is 10.1. The number of nitrogens with zero attached hydrogens (tertiary/aromatic N) is 1. The highest BCUT2D eigenvalue weighted by Crippen LogP contribution is 2.21. The van der Waals surface area contributed by atoms with Gasteiger partial charge in [0.15, 0.2) is 0 Å². The summed E-state index contributed by atoms with van der Waals surface area (Å²) in [5, 5.41) is 0. The van der Waals surface area contributed by atoms with Crippen LogP contribution in [0.25, 0.3) is 5.70 Å². The average molecular weight is 224 g/mol. The fourth-order valence-electron chi connectivity index (χ4n) is 2.03. The number of allylic oxidation sites excluding steroid dienone is 1. The van der Waals surface area contributed by atoms with Crippen LogP contribution in [0.5, 0.6) is 0 Å². The van der Waals surface area contributed by atoms with Crippen LogP contribution in [0.2, 0.25) is 0 Å². The van der Waals surface area contributed by atoms with Crippen LogP contribution in [-0.4, -0.2) is 12.3 Å². The van der Waals surface area contributed by atoms with Crippen LogP contribution < -0.4 is 5.73 Å². The number of hydrogen-bond acceptors (Lipinski definition) is 2. The van der Waals surface area contributed by atoms with Crippen molar-refractivity contribution in [3.8, 4) is 12.3 Å². The lowest BCUT2D eigenvalue weighted by Crippen LogP contribution is -2.08. The van der Waals surface area contributed by atoms with Crippen LogP contribution in [-0.2, 0) is 0 Å². The van der Waals surface area contributed by atoms with Crippen molar-refractivity contribution in [3.05, 3.63) is 41.5 Å². The predicted octanol–water partition coefficient (Wildman–Crippen LogP) is 2.61. The molecule has 17 heavy (non-hydrogen) atoms. The molecule has 2 nitrogen and oxygen atoms in total. The van der Waals surface area contributed by atoms with E-state index >= 15 is 0 Å². The molecule has 2 heteroatoms. The Kier molecular flexibility index (Phi) is 3.62. The Morgan fingerprint density at radius 3 is 2.71 bits per heavy atom. The first-order valence-electron chi connectivity index (χ1n) is 5.84. The summed E-state index contributed by atoms with van der Waals surface area (Å²) in [6.45, 7) is 0.894. The zero-order chi connectivity index (χ0) is 12.1. The Morgan fingerprint density at radius 2 is 2.12 bits per heavy atom. The van der Waals surface area contributed by atoms with Crippen molar-refractivity contribution in [1.82, 2.24) is 0 Å². The molecule has 0 saturated heterocycles. The lowest BCUT2D eigenvalue weighted by Gasteiger charge is -2.10. The highest BCUT2D eigenvalue weighted by Gasteiger charge is 2.15. The van der Waals surface area contributed by atoms with Gasteiger partial charge in [-0.25, -0.2) is 0 Å². The Bertz CT molecular complexity index is 489. The molecule has 1 aliphatic rings. The van der Waals surface area contributed by atoms with Crippen LogP contribution in [0.1, 0.15) is 24.8 Å². The summed E-state index contributed by atoms with van der Waals surface area (Å²) in [6, 6.07) is 9.94. The number of hydrogen-bond donors (Lipinski definition) is 1. The minimum atomic E-state index is 0.555. The van der Waals surface area contributed by atoms with E-state index in [1.54, 1.807) is 0 Å². The second kappa shape index (κ2) is 5.36. The van der Waals surface area contributed by atoms with Crippen molar-refractivity contribution < 1.29 is 0 Å². The maximum absolute atomic E-state index is 6.21. The Labute approximate surface area is 102 Å². The molecular formula is C15H16N2. The Morgan fingerprint density at radius 1 is 1.35 bits per heavy atom. The number of rotatable bonds is 3. The molecular weight excluding hydrogens is 208 g/mol. The van der Waals surface area contributed by atoms with E-state index in [-0.39, 0.29) is 0 Å². The highest BCUT2D eigenvalue weighted by atomic mass is 14.8.